The van der Waals surface area contributed by atoms with Crippen LogP contribution in [0.1, 0.15) is 50.7 Å². The van der Waals surface area contributed by atoms with Crippen molar-refractivity contribution in [2.45, 2.75) is 52.3 Å². The number of aryl methyl sites for hydroxylation is 1. The second-order valence-corrected chi connectivity index (χ2v) is 4.78. The fourth-order valence-electron chi connectivity index (χ4n) is 2.14. The van der Waals surface area contributed by atoms with Crippen LogP contribution in [-0.2, 0) is 6.42 Å². The molecule has 0 aromatic heterocycles. The lowest BCUT2D eigenvalue weighted by Crippen LogP contribution is -2.17. The average Bonchev–Trinajstić information content (AvgIpc) is 2.37. The van der Waals surface area contributed by atoms with Crippen LogP contribution in [0.25, 0.3) is 0 Å². The maximum Gasteiger partial charge on any atom is 0.573 e. The second kappa shape index (κ2) is 7.36. The van der Waals surface area contributed by atoms with Crippen LogP contribution in [-0.4, -0.2) is 6.36 Å². The number of hydrogen-bond acceptors (Lipinski definition) is 1. The highest BCUT2D eigenvalue weighted by atomic mass is 19.4. The van der Waals surface area contributed by atoms with Crippen molar-refractivity contribution in [3.8, 4) is 5.75 Å². The molecule has 1 aromatic carbocycles. The fraction of sp³-hybridized carbons (Fsp3) is 0.500. The van der Waals surface area contributed by atoms with Crippen molar-refractivity contribution in [1.82, 2.24) is 0 Å². The van der Waals surface area contributed by atoms with Crippen LogP contribution in [0.15, 0.2) is 30.4 Å². The molecule has 0 aliphatic rings. The Morgan fingerprint density at radius 2 is 1.90 bits per heavy atom. The van der Waals surface area contributed by atoms with E-state index in [4.69, 9.17) is 0 Å². The summed E-state index contributed by atoms with van der Waals surface area (Å²) < 4.78 is 40.8. The second-order valence-electron chi connectivity index (χ2n) is 4.78. The van der Waals surface area contributed by atoms with Gasteiger partial charge < -0.3 is 4.74 Å². The van der Waals surface area contributed by atoms with Crippen molar-refractivity contribution in [3.63, 3.8) is 0 Å². The molecule has 4 heteroatoms. The number of allylic oxidation sites excluding steroid dienone is 2. The van der Waals surface area contributed by atoms with Gasteiger partial charge in [0.25, 0.3) is 0 Å². The van der Waals surface area contributed by atoms with Gasteiger partial charge in [0, 0.05) is 0 Å². The van der Waals surface area contributed by atoms with Gasteiger partial charge in [-0.1, -0.05) is 39.0 Å². The summed E-state index contributed by atoms with van der Waals surface area (Å²) in [5.74, 6) is 0.0283. The first-order chi connectivity index (χ1) is 9.37. The maximum atomic E-state index is 12.3. The molecule has 0 N–H and O–H groups in total. The number of alkyl halides is 3. The Labute approximate surface area is 118 Å². The molecule has 1 unspecified atom stereocenters. The van der Waals surface area contributed by atoms with Crippen LogP contribution in [0.4, 0.5) is 13.2 Å². The van der Waals surface area contributed by atoms with Gasteiger partial charge in [0.1, 0.15) is 5.75 Å². The van der Waals surface area contributed by atoms with E-state index in [1.807, 2.05) is 13.8 Å². The summed E-state index contributed by atoms with van der Waals surface area (Å²) in [7, 11) is 0. The lowest BCUT2D eigenvalue weighted by atomic mass is 9.91. The van der Waals surface area contributed by atoms with Gasteiger partial charge in [-0.2, -0.15) is 0 Å². The van der Waals surface area contributed by atoms with Crippen LogP contribution in [0.5, 0.6) is 5.75 Å². The van der Waals surface area contributed by atoms with Crippen molar-refractivity contribution in [2.24, 2.45) is 0 Å². The third-order valence-corrected chi connectivity index (χ3v) is 3.15. The first-order valence-corrected chi connectivity index (χ1v) is 6.91. The molecular formula is C16H21F3O. The van der Waals surface area contributed by atoms with Gasteiger partial charge in [-0.15, -0.1) is 13.2 Å². The van der Waals surface area contributed by atoms with Gasteiger partial charge in [-0.3, -0.25) is 0 Å². The molecule has 0 saturated carbocycles. The van der Waals surface area contributed by atoms with E-state index in [1.54, 1.807) is 6.07 Å². The molecule has 1 rings (SSSR count). The summed E-state index contributed by atoms with van der Waals surface area (Å²) in [6.07, 6.45) is 2.07. The molecule has 0 fully saturated rings. The largest absolute Gasteiger partial charge is 0.573 e. The highest BCUT2D eigenvalue weighted by Crippen LogP contribution is 2.30. The molecule has 1 atom stereocenters. The molecule has 1 nitrogen and oxygen atoms in total. The molecule has 0 aliphatic heterocycles. The molecule has 0 heterocycles. The Morgan fingerprint density at radius 1 is 1.20 bits per heavy atom. The molecular weight excluding hydrogens is 265 g/mol. The number of ether oxygens (including phenoxy) is 1. The van der Waals surface area contributed by atoms with E-state index in [0.29, 0.717) is 0 Å². The number of halogens is 3. The summed E-state index contributed by atoms with van der Waals surface area (Å²) in [5.41, 5.74) is 1.99. The van der Waals surface area contributed by atoms with Crippen molar-refractivity contribution in [2.75, 3.05) is 0 Å². The smallest absolute Gasteiger partial charge is 0.406 e. The Bertz CT molecular complexity index is 450. The van der Waals surface area contributed by atoms with E-state index in [-0.39, 0.29) is 11.7 Å². The van der Waals surface area contributed by atoms with Crippen LogP contribution < -0.4 is 4.74 Å². The summed E-state index contributed by atoms with van der Waals surface area (Å²) in [6.45, 7) is 6.07. The molecule has 0 radical (unpaired) electrons. The van der Waals surface area contributed by atoms with Crippen LogP contribution >= 0.6 is 0 Å². The molecule has 0 bridgehead atoms. The van der Waals surface area contributed by atoms with Gasteiger partial charge in [0.2, 0.25) is 0 Å². The van der Waals surface area contributed by atoms with E-state index in [1.165, 1.54) is 12.1 Å². The van der Waals surface area contributed by atoms with Crippen molar-refractivity contribution in [1.29, 1.82) is 0 Å². The van der Waals surface area contributed by atoms with Crippen molar-refractivity contribution in [3.05, 3.63) is 41.5 Å². The molecule has 112 valence electrons. The normalized spacial score (nSPS) is 13.7. The number of rotatable bonds is 6. The SMILES string of the molecule is CCC=CCC(C)c1cc(OC(F)(F)F)ccc1CC. The Morgan fingerprint density at radius 3 is 2.45 bits per heavy atom. The van der Waals surface area contributed by atoms with Gasteiger partial charge in [0.15, 0.2) is 0 Å². The summed E-state index contributed by atoms with van der Waals surface area (Å²) in [5, 5.41) is 0. The molecule has 0 aliphatic carbocycles. The van der Waals surface area contributed by atoms with E-state index in [2.05, 4.69) is 23.8 Å². The van der Waals surface area contributed by atoms with Crippen LogP contribution in [0.3, 0.4) is 0 Å². The monoisotopic (exact) mass is 286 g/mol. The Kier molecular flexibility index (Phi) is 6.11. The minimum atomic E-state index is -4.64. The zero-order chi connectivity index (χ0) is 15.2. The van der Waals surface area contributed by atoms with E-state index in [9.17, 15) is 13.2 Å². The summed E-state index contributed by atoms with van der Waals surface area (Å²) in [4.78, 5) is 0. The minimum Gasteiger partial charge on any atom is -0.406 e. The van der Waals surface area contributed by atoms with Gasteiger partial charge in [-0.25, -0.2) is 0 Å². The fourth-order valence-corrected chi connectivity index (χ4v) is 2.14. The molecule has 1 aromatic rings. The zero-order valence-corrected chi connectivity index (χ0v) is 12.1. The predicted octanol–water partition coefficient (Wildman–Crippen LogP) is 5.61. The molecule has 0 saturated heterocycles. The van der Waals surface area contributed by atoms with Gasteiger partial charge in [0.05, 0.1) is 0 Å². The minimum absolute atomic E-state index is 0.143. The van der Waals surface area contributed by atoms with E-state index in [0.717, 1.165) is 30.4 Å². The molecule has 0 spiro atoms. The van der Waals surface area contributed by atoms with Gasteiger partial charge >= 0.3 is 6.36 Å². The predicted molar refractivity (Wildman–Crippen MR) is 75.0 cm³/mol. The summed E-state index contributed by atoms with van der Waals surface area (Å²) in [6, 6.07) is 4.61. The third-order valence-electron chi connectivity index (χ3n) is 3.15. The summed E-state index contributed by atoms with van der Waals surface area (Å²) >= 11 is 0. The molecule has 20 heavy (non-hydrogen) atoms. The van der Waals surface area contributed by atoms with Crippen LogP contribution in [0, 0.1) is 0 Å². The Balaban J connectivity index is 2.96. The topological polar surface area (TPSA) is 9.23 Å². The maximum absolute atomic E-state index is 12.3. The third kappa shape index (κ3) is 5.27. The first kappa shape index (κ1) is 16.6. The van der Waals surface area contributed by atoms with Gasteiger partial charge in [-0.05, 0) is 48.4 Å². The van der Waals surface area contributed by atoms with Crippen LogP contribution in [0.2, 0.25) is 0 Å². The van der Waals surface area contributed by atoms with E-state index < -0.39 is 6.36 Å². The van der Waals surface area contributed by atoms with Crippen molar-refractivity contribution >= 4 is 0 Å². The standard InChI is InChI=1S/C16H21F3O/c1-4-6-7-8-12(3)15-11-14(20-16(17,18)19)10-9-13(15)5-2/h6-7,9-12H,4-5,8H2,1-3H3. The average molecular weight is 286 g/mol. The number of hydrogen-bond donors (Lipinski definition) is 0. The molecule has 0 amide bonds. The number of benzene rings is 1. The zero-order valence-electron chi connectivity index (χ0n) is 12.1. The van der Waals surface area contributed by atoms with E-state index >= 15 is 0 Å². The highest BCUT2D eigenvalue weighted by Gasteiger charge is 2.31. The first-order valence-electron chi connectivity index (χ1n) is 6.91. The quantitative estimate of drug-likeness (QED) is 0.618. The lowest BCUT2D eigenvalue weighted by Gasteiger charge is -2.17. The Hall–Kier alpha value is -1.45. The van der Waals surface area contributed by atoms with Crippen molar-refractivity contribution < 1.29 is 17.9 Å². The highest BCUT2D eigenvalue weighted by molar-refractivity contribution is 5.38. The lowest BCUT2D eigenvalue weighted by molar-refractivity contribution is -0.274.